The lowest BCUT2D eigenvalue weighted by molar-refractivity contribution is -0.122. The van der Waals surface area contributed by atoms with Crippen LogP contribution in [0.15, 0.2) is 0 Å². The van der Waals surface area contributed by atoms with Gasteiger partial charge in [0.25, 0.3) is 0 Å². The molecule has 2 rings (SSSR count). The molecule has 0 aromatic heterocycles. The fourth-order valence-corrected chi connectivity index (χ4v) is 5.84. The molecule has 0 bridgehead atoms. The van der Waals surface area contributed by atoms with Gasteiger partial charge in [-0.3, -0.25) is 4.79 Å². The molecule has 19 heavy (non-hydrogen) atoms. The molecular weight excluding hydrogens is 292 g/mol. The fraction of sp³-hybridized carbons (Fsp3) is 0.900. The summed E-state index contributed by atoms with van der Waals surface area (Å²) in [7, 11) is -6.58. The molecule has 1 unspecified atom stereocenters. The Kier molecular flexibility index (Phi) is 4.17. The highest BCUT2D eigenvalue weighted by molar-refractivity contribution is 7.92. The van der Waals surface area contributed by atoms with Gasteiger partial charge < -0.3 is 5.32 Å². The maximum Gasteiger partial charge on any atom is 0.220 e. The van der Waals surface area contributed by atoms with Crippen LogP contribution in [0.5, 0.6) is 0 Å². The molecule has 0 aromatic carbocycles. The summed E-state index contributed by atoms with van der Waals surface area (Å²) in [4.78, 5) is 11.0. The molecule has 7 nitrogen and oxygen atoms in total. The van der Waals surface area contributed by atoms with Crippen molar-refractivity contribution in [2.45, 2.75) is 37.0 Å². The van der Waals surface area contributed by atoms with E-state index in [1.165, 1.54) is 0 Å². The molecule has 110 valence electrons. The van der Waals surface area contributed by atoms with Crippen molar-refractivity contribution in [3.63, 3.8) is 0 Å². The van der Waals surface area contributed by atoms with Gasteiger partial charge in [-0.2, -0.15) is 0 Å². The molecule has 0 saturated carbocycles. The zero-order valence-corrected chi connectivity index (χ0v) is 12.1. The van der Waals surface area contributed by atoms with Gasteiger partial charge in [-0.05, 0) is 19.3 Å². The molecule has 2 N–H and O–H groups in total. The van der Waals surface area contributed by atoms with Crippen molar-refractivity contribution < 1.29 is 21.6 Å². The molecule has 2 aliphatic rings. The lowest BCUT2D eigenvalue weighted by Gasteiger charge is -2.27. The van der Waals surface area contributed by atoms with E-state index in [4.69, 9.17) is 0 Å². The Balaban J connectivity index is 1.94. The minimum atomic E-state index is -3.52. The van der Waals surface area contributed by atoms with Crippen LogP contribution >= 0.6 is 0 Å². The quantitative estimate of drug-likeness (QED) is 0.678. The Labute approximate surface area is 113 Å². The number of hydrogen-bond donors (Lipinski definition) is 2. The summed E-state index contributed by atoms with van der Waals surface area (Å²) in [5, 5.41) is 1.96. The lowest BCUT2D eigenvalue weighted by Crippen LogP contribution is -2.50. The predicted molar refractivity (Wildman–Crippen MR) is 69.8 cm³/mol. The minimum Gasteiger partial charge on any atom is -0.355 e. The largest absolute Gasteiger partial charge is 0.355 e. The normalized spacial score (nSPS) is 28.8. The van der Waals surface area contributed by atoms with Crippen molar-refractivity contribution in [2.75, 3.05) is 18.1 Å². The zero-order chi connectivity index (χ0) is 14.1. The summed E-state index contributed by atoms with van der Waals surface area (Å²) in [5.41, 5.74) is 0. The van der Waals surface area contributed by atoms with Crippen molar-refractivity contribution in [2.24, 2.45) is 0 Å². The second-order valence-corrected chi connectivity index (χ2v) is 9.35. The van der Waals surface area contributed by atoms with Crippen LogP contribution in [0, 0.1) is 0 Å². The highest BCUT2D eigenvalue weighted by Crippen LogP contribution is 2.19. The van der Waals surface area contributed by atoms with Crippen LogP contribution < -0.4 is 10.0 Å². The van der Waals surface area contributed by atoms with E-state index >= 15 is 0 Å². The number of sulfonamides is 1. The minimum absolute atomic E-state index is 0.0695. The Bertz CT molecular complexity index is 530. The topological polar surface area (TPSA) is 109 Å². The molecule has 1 atom stereocenters. The zero-order valence-electron chi connectivity index (χ0n) is 10.5. The number of sulfone groups is 1. The molecular formula is C10H18N2O5S2. The Morgan fingerprint density at radius 3 is 2.32 bits per heavy atom. The van der Waals surface area contributed by atoms with E-state index in [-0.39, 0.29) is 36.3 Å². The third-order valence-electron chi connectivity index (χ3n) is 3.54. The number of piperidine rings is 1. The third-order valence-corrected chi connectivity index (χ3v) is 7.26. The lowest BCUT2D eigenvalue weighted by atomic mass is 10.1. The molecule has 0 aromatic rings. The van der Waals surface area contributed by atoms with Crippen LogP contribution in [0.25, 0.3) is 0 Å². The molecule has 1 amide bonds. The standard InChI is InChI=1S/C10H18N2O5S2/c13-10-2-1-8(7-11-10)12-19(16,17)9-3-5-18(14,15)6-4-9/h8-9,12H,1-7H2,(H,11,13). The molecule has 9 heteroatoms. The molecule has 2 heterocycles. The van der Waals surface area contributed by atoms with E-state index < -0.39 is 25.1 Å². The first-order valence-corrected chi connectivity index (χ1v) is 9.63. The van der Waals surface area contributed by atoms with Crippen LogP contribution in [0.1, 0.15) is 25.7 Å². The Morgan fingerprint density at radius 2 is 1.79 bits per heavy atom. The van der Waals surface area contributed by atoms with E-state index in [9.17, 15) is 21.6 Å². The summed E-state index contributed by atoms with van der Waals surface area (Å²) < 4.78 is 49.4. The molecule has 2 fully saturated rings. The van der Waals surface area contributed by atoms with Crippen molar-refractivity contribution >= 4 is 25.8 Å². The van der Waals surface area contributed by atoms with Gasteiger partial charge in [0.1, 0.15) is 9.84 Å². The molecule has 0 radical (unpaired) electrons. The van der Waals surface area contributed by atoms with E-state index in [0.29, 0.717) is 19.4 Å². The second kappa shape index (κ2) is 5.37. The van der Waals surface area contributed by atoms with Crippen LogP contribution in [0.2, 0.25) is 0 Å². The average molecular weight is 310 g/mol. The molecule has 0 spiro atoms. The number of hydrogen-bond acceptors (Lipinski definition) is 5. The van der Waals surface area contributed by atoms with E-state index in [2.05, 4.69) is 10.0 Å². The summed E-state index contributed by atoms with van der Waals surface area (Å²) >= 11 is 0. The van der Waals surface area contributed by atoms with Crippen LogP contribution in [-0.2, 0) is 24.7 Å². The first kappa shape index (κ1) is 14.7. The SMILES string of the molecule is O=C1CCC(NS(=O)(=O)C2CCS(=O)(=O)CC2)CN1. The molecule has 2 aliphatic heterocycles. The Hall–Kier alpha value is -0.670. The summed E-state index contributed by atoms with van der Waals surface area (Å²) in [6, 6.07) is -0.291. The number of rotatable bonds is 3. The third kappa shape index (κ3) is 3.90. The maximum absolute atomic E-state index is 12.1. The monoisotopic (exact) mass is 310 g/mol. The van der Waals surface area contributed by atoms with E-state index in [1.807, 2.05) is 0 Å². The van der Waals surface area contributed by atoms with Gasteiger partial charge in [0.2, 0.25) is 15.9 Å². The average Bonchev–Trinajstić information content (AvgIpc) is 2.31. The highest BCUT2D eigenvalue weighted by atomic mass is 32.2. The van der Waals surface area contributed by atoms with Crippen LogP contribution in [0.3, 0.4) is 0 Å². The summed E-state index contributed by atoms with van der Waals surface area (Å²) in [6.45, 7) is 0.295. The summed E-state index contributed by atoms with van der Waals surface area (Å²) in [6.07, 6.45) is 1.09. The van der Waals surface area contributed by atoms with Gasteiger partial charge in [0, 0.05) is 19.0 Å². The fourth-order valence-electron chi connectivity index (χ4n) is 2.34. The second-order valence-electron chi connectivity index (χ2n) is 5.05. The van der Waals surface area contributed by atoms with Crippen molar-refractivity contribution in [1.82, 2.24) is 10.0 Å². The van der Waals surface area contributed by atoms with Gasteiger partial charge in [-0.15, -0.1) is 0 Å². The highest BCUT2D eigenvalue weighted by Gasteiger charge is 2.34. The van der Waals surface area contributed by atoms with E-state index in [0.717, 1.165) is 0 Å². The first-order chi connectivity index (χ1) is 8.78. The smallest absolute Gasteiger partial charge is 0.220 e. The van der Waals surface area contributed by atoms with E-state index in [1.54, 1.807) is 0 Å². The number of nitrogens with one attached hydrogen (secondary N) is 2. The van der Waals surface area contributed by atoms with Gasteiger partial charge in [-0.25, -0.2) is 21.6 Å². The van der Waals surface area contributed by atoms with Gasteiger partial charge in [0.05, 0.1) is 16.8 Å². The number of carbonyl (C=O) groups excluding carboxylic acids is 1. The van der Waals surface area contributed by atoms with Crippen molar-refractivity contribution in [3.8, 4) is 0 Å². The van der Waals surface area contributed by atoms with Crippen molar-refractivity contribution in [3.05, 3.63) is 0 Å². The Morgan fingerprint density at radius 1 is 1.16 bits per heavy atom. The molecule has 0 aliphatic carbocycles. The number of carbonyl (C=O) groups is 1. The van der Waals surface area contributed by atoms with Crippen LogP contribution in [-0.4, -0.2) is 52.1 Å². The van der Waals surface area contributed by atoms with Gasteiger partial charge >= 0.3 is 0 Å². The number of amides is 1. The maximum atomic E-state index is 12.1. The summed E-state index contributed by atoms with van der Waals surface area (Å²) in [5.74, 6) is -0.209. The predicted octanol–water partition coefficient (Wildman–Crippen LogP) is -1.24. The van der Waals surface area contributed by atoms with Gasteiger partial charge in [0.15, 0.2) is 0 Å². The first-order valence-electron chi connectivity index (χ1n) is 6.27. The molecule has 2 saturated heterocycles. The van der Waals surface area contributed by atoms with Gasteiger partial charge in [-0.1, -0.05) is 0 Å². The van der Waals surface area contributed by atoms with Crippen molar-refractivity contribution in [1.29, 1.82) is 0 Å². The van der Waals surface area contributed by atoms with Crippen LogP contribution in [0.4, 0.5) is 0 Å².